The summed E-state index contributed by atoms with van der Waals surface area (Å²) in [4.78, 5) is 13.6. The maximum Gasteiger partial charge on any atom is 0.239 e. The first kappa shape index (κ1) is 16.7. The van der Waals surface area contributed by atoms with E-state index in [0.717, 1.165) is 6.42 Å². The van der Waals surface area contributed by atoms with Crippen molar-refractivity contribution in [3.8, 4) is 0 Å². The summed E-state index contributed by atoms with van der Waals surface area (Å²) < 4.78 is 5.54. The van der Waals surface area contributed by atoms with Crippen molar-refractivity contribution in [1.82, 2.24) is 4.90 Å². The molecule has 1 aliphatic rings. The maximum absolute atomic E-state index is 11.8. The lowest BCUT2D eigenvalue weighted by Crippen LogP contribution is -2.69. The number of carbonyl (C=O) groups is 1. The molecular formula is C12H25ClN2O2. The fourth-order valence-corrected chi connectivity index (χ4v) is 2.55. The monoisotopic (exact) mass is 264 g/mol. The molecule has 0 radical (unpaired) electrons. The van der Waals surface area contributed by atoms with Gasteiger partial charge >= 0.3 is 0 Å². The standard InChI is InChI=1S/C12H24N2O2.ClH/c1-8(13)10(15)14(5)9-7-12(4,16-6)11(9,2)3;/h8-9H,7,13H2,1-6H3;1H/t8-,9?,12?;/m1./s1. The molecule has 1 fully saturated rings. The van der Waals surface area contributed by atoms with Crippen LogP contribution >= 0.6 is 12.4 Å². The van der Waals surface area contributed by atoms with E-state index in [2.05, 4.69) is 20.8 Å². The smallest absolute Gasteiger partial charge is 0.239 e. The number of halogens is 1. The lowest BCUT2D eigenvalue weighted by molar-refractivity contribution is -0.207. The Morgan fingerprint density at radius 1 is 1.47 bits per heavy atom. The van der Waals surface area contributed by atoms with Gasteiger partial charge in [0.1, 0.15) is 0 Å². The number of hydrogen-bond donors (Lipinski definition) is 1. The van der Waals surface area contributed by atoms with Gasteiger partial charge in [-0.2, -0.15) is 0 Å². The molecule has 1 amide bonds. The molecule has 4 nitrogen and oxygen atoms in total. The molecule has 1 aliphatic carbocycles. The van der Waals surface area contributed by atoms with Crippen molar-refractivity contribution < 1.29 is 9.53 Å². The van der Waals surface area contributed by atoms with Crippen LogP contribution in [-0.2, 0) is 9.53 Å². The zero-order chi connectivity index (χ0) is 12.7. The highest BCUT2D eigenvalue weighted by atomic mass is 35.5. The average Bonchev–Trinajstić information content (AvgIpc) is 2.22. The molecule has 0 heterocycles. The van der Waals surface area contributed by atoms with E-state index in [0.29, 0.717) is 0 Å². The Labute approximate surface area is 110 Å². The first-order chi connectivity index (χ1) is 7.17. The first-order valence-electron chi connectivity index (χ1n) is 5.75. The number of likely N-dealkylation sites (N-methyl/N-ethyl adjacent to an activating group) is 1. The minimum Gasteiger partial charge on any atom is -0.378 e. The summed E-state index contributed by atoms with van der Waals surface area (Å²) in [6.07, 6.45) is 0.867. The number of amides is 1. The summed E-state index contributed by atoms with van der Waals surface area (Å²) in [5.41, 5.74) is 5.43. The Morgan fingerprint density at radius 2 is 1.94 bits per heavy atom. The molecule has 5 heteroatoms. The number of nitrogens with two attached hydrogens (primary N) is 1. The fourth-order valence-electron chi connectivity index (χ4n) is 2.55. The Bertz CT molecular complexity index is 294. The van der Waals surface area contributed by atoms with Crippen molar-refractivity contribution in [1.29, 1.82) is 0 Å². The zero-order valence-electron chi connectivity index (χ0n) is 11.6. The van der Waals surface area contributed by atoms with Crippen molar-refractivity contribution >= 4 is 18.3 Å². The third kappa shape index (κ3) is 2.44. The van der Waals surface area contributed by atoms with E-state index in [1.807, 2.05) is 7.05 Å². The SMILES string of the molecule is COC1(C)CC(N(C)C(=O)[C@@H](C)N)C1(C)C.Cl. The molecule has 0 aromatic heterocycles. The third-order valence-corrected chi connectivity index (χ3v) is 4.43. The van der Waals surface area contributed by atoms with E-state index in [1.165, 1.54) is 0 Å². The van der Waals surface area contributed by atoms with Crippen molar-refractivity contribution in [3.63, 3.8) is 0 Å². The highest BCUT2D eigenvalue weighted by molar-refractivity contribution is 5.85. The molecule has 0 aromatic carbocycles. The van der Waals surface area contributed by atoms with Crippen molar-refractivity contribution in [2.45, 2.75) is 51.8 Å². The molecule has 0 aliphatic heterocycles. The van der Waals surface area contributed by atoms with Crippen LogP contribution in [0.15, 0.2) is 0 Å². The molecule has 2 N–H and O–H groups in total. The predicted octanol–water partition coefficient (Wildman–Crippen LogP) is 1.42. The number of ether oxygens (including phenoxy) is 1. The van der Waals surface area contributed by atoms with Crippen molar-refractivity contribution in [3.05, 3.63) is 0 Å². The molecule has 1 saturated carbocycles. The minimum absolute atomic E-state index is 0. The van der Waals surface area contributed by atoms with Crippen LogP contribution in [0.1, 0.15) is 34.1 Å². The van der Waals surface area contributed by atoms with E-state index >= 15 is 0 Å². The molecule has 0 bridgehead atoms. The molecule has 3 atom stereocenters. The molecular weight excluding hydrogens is 240 g/mol. The first-order valence-corrected chi connectivity index (χ1v) is 5.75. The Morgan fingerprint density at radius 3 is 2.24 bits per heavy atom. The third-order valence-electron chi connectivity index (χ3n) is 4.43. The van der Waals surface area contributed by atoms with Gasteiger partial charge in [-0.25, -0.2) is 0 Å². The van der Waals surface area contributed by atoms with E-state index in [-0.39, 0.29) is 35.4 Å². The van der Waals surface area contributed by atoms with Crippen molar-refractivity contribution in [2.75, 3.05) is 14.2 Å². The molecule has 17 heavy (non-hydrogen) atoms. The van der Waals surface area contributed by atoms with Gasteiger partial charge in [-0.1, -0.05) is 13.8 Å². The van der Waals surface area contributed by atoms with Gasteiger partial charge in [-0.3, -0.25) is 4.79 Å². The van der Waals surface area contributed by atoms with E-state index in [4.69, 9.17) is 10.5 Å². The second-order valence-corrected chi connectivity index (χ2v) is 5.61. The molecule has 0 aromatic rings. The van der Waals surface area contributed by atoms with Crippen LogP contribution in [0.3, 0.4) is 0 Å². The molecule has 2 unspecified atom stereocenters. The summed E-state index contributed by atoms with van der Waals surface area (Å²) in [6.45, 7) is 8.08. The fraction of sp³-hybridized carbons (Fsp3) is 0.917. The molecule has 0 saturated heterocycles. The van der Waals surface area contributed by atoms with Crippen LogP contribution in [-0.4, -0.2) is 42.6 Å². The van der Waals surface area contributed by atoms with Gasteiger partial charge in [-0.05, 0) is 20.3 Å². The summed E-state index contributed by atoms with van der Waals surface area (Å²) in [7, 11) is 3.55. The van der Waals surface area contributed by atoms with Crippen LogP contribution in [0, 0.1) is 5.41 Å². The van der Waals surface area contributed by atoms with Gasteiger partial charge in [0, 0.05) is 25.6 Å². The van der Waals surface area contributed by atoms with E-state index in [1.54, 1.807) is 18.9 Å². The lowest BCUT2D eigenvalue weighted by atomic mass is 9.55. The van der Waals surface area contributed by atoms with Crippen LogP contribution in [0.25, 0.3) is 0 Å². The van der Waals surface area contributed by atoms with E-state index in [9.17, 15) is 4.79 Å². The van der Waals surface area contributed by atoms with Gasteiger partial charge in [0.2, 0.25) is 5.91 Å². The van der Waals surface area contributed by atoms with Gasteiger partial charge in [0.15, 0.2) is 0 Å². The van der Waals surface area contributed by atoms with Crippen molar-refractivity contribution in [2.24, 2.45) is 11.1 Å². The van der Waals surface area contributed by atoms with Gasteiger partial charge in [0.25, 0.3) is 0 Å². The summed E-state index contributed by atoms with van der Waals surface area (Å²) in [5, 5.41) is 0. The lowest BCUT2D eigenvalue weighted by Gasteiger charge is -2.61. The maximum atomic E-state index is 11.8. The van der Waals surface area contributed by atoms with Crippen LogP contribution < -0.4 is 5.73 Å². The quantitative estimate of drug-likeness (QED) is 0.839. The number of rotatable bonds is 3. The summed E-state index contributed by atoms with van der Waals surface area (Å²) in [6, 6.07) is -0.230. The predicted molar refractivity (Wildman–Crippen MR) is 71.3 cm³/mol. The van der Waals surface area contributed by atoms with E-state index < -0.39 is 6.04 Å². The number of methoxy groups -OCH3 is 1. The largest absolute Gasteiger partial charge is 0.378 e. The van der Waals surface area contributed by atoms with Crippen LogP contribution in [0.2, 0.25) is 0 Å². The zero-order valence-corrected chi connectivity index (χ0v) is 12.4. The summed E-state index contributed by atoms with van der Waals surface area (Å²) in [5.74, 6) is -0.00349. The minimum atomic E-state index is -0.435. The van der Waals surface area contributed by atoms with Gasteiger partial charge in [-0.15, -0.1) is 12.4 Å². The molecule has 102 valence electrons. The topological polar surface area (TPSA) is 55.6 Å². The van der Waals surface area contributed by atoms with Crippen LogP contribution in [0.5, 0.6) is 0 Å². The van der Waals surface area contributed by atoms with Gasteiger partial charge in [0.05, 0.1) is 11.6 Å². The second-order valence-electron chi connectivity index (χ2n) is 5.61. The Kier molecular flexibility index (Phi) is 5.03. The number of carbonyl (C=O) groups excluding carboxylic acids is 1. The number of nitrogens with zero attached hydrogens (tertiary/aromatic N) is 1. The normalized spacial score (nSPS) is 32.1. The van der Waals surface area contributed by atoms with Gasteiger partial charge < -0.3 is 15.4 Å². The Hall–Kier alpha value is -0.320. The second kappa shape index (κ2) is 5.12. The highest BCUT2D eigenvalue weighted by Gasteiger charge is 2.59. The Balaban J connectivity index is 0.00000256. The number of hydrogen-bond acceptors (Lipinski definition) is 3. The average molecular weight is 265 g/mol. The van der Waals surface area contributed by atoms with Crippen LogP contribution in [0.4, 0.5) is 0 Å². The molecule has 1 rings (SSSR count). The summed E-state index contributed by atoms with van der Waals surface area (Å²) >= 11 is 0. The molecule has 0 spiro atoms. The highest BCUT2D eigenvalue weighted by Crippen LogP contribution is 2.53.